The first-order chi connectivity index (χ1) is 8.31. The molecule has 3 heterocycles. The van der Waals surface area contributed by atoms with Crippen LogP contribution in [0.2, 0.25) is 0 Å². The maximum Gasteiger partial charge on any atom is 0.257 e. The Balaban J connectivity index is 1.69. The molecule has 0 aliphatic carbocycles. The summed E-state index contributed by atoms with van der Waals surface area (Å²) in [6.07, 6.45) is 0.612. The van der Waals surface area contributed by atoms with Gasteiger partial charge in [-0.15, -0.1) is 21.5 Å². The van der Waals surface area contributed by atoms with Crippen LogP contribution >= 0.6 is 11.3 Å². The molecule has 1 atom stereocenters. The fourth-order valence-corrected chi connectivity index (χ4v) is 2.61. The molecular weight excluding hydrogens is 238 g/mol. The van der Waals surface area contributed by atoms with Crippen LogP contribution in [-0.4, -0.2) is 39.4 Å². The van der Waals surface area contributed by atoms with E-state index in [-0.39, 0.29) is 6.10 Å². The second-order valence-corrected chi connectivity index (χ2v) is 5.10. The van der Waals surface area contributed by atoms with Crippen molar-refractivity contribution < 1.29 is 9.52 Å². The molecule has 0 bridgehead atoms. The number of hydrogen-bond acceptors (Lipinski definition) is 6. The van der Waals surface area contributed by atoms with Gasteiger partial charge in [-0.05, 0) is 17.9 Å². The lowest BCUT2D eigenvalue weighted by Gasteiger charge is -2.10. The fourth-order valence-electron chi connectivity index (χ4n) is 1.96. The predicted octanol–water partition coefficient (Wildman–Crippen LogP) is 1.36. The maximum absolute atomic E-state index is 9.43. The molecular formula is C11H13N3O2S. The highest BCUT2D eigenvalue weighted by molar-refractivity contribution is 7.13. The number of nitrogens with zero attached hydrogens (tertiary/aromatic N) is 3. The number of rotatable bonds is 3. The lowest BCUT2D eigenvalue weighted by molar-refractivity contribution is 0.171. The van der Waals surface area contributed by atoms with E-state index >= 15 is 0 Å². The number of aliphatic hydroxyl groups is 1. The monoisotopic (exact) mass is 251 g/mol. The van der Waals surface area contributed by atoms with Gasteiger partial charge in [0.05, 0.1) is 17.5 Å². The summed E-state index contributed by atoms with van der Waals surface area (Å²) >= 11 is 1.58. The zero-order chi connectivity index (χ0) is 11.7. The van der Waals surface area contributed by atoms with Gasteiger partial charge in [0.1, 0.15) is 0 Å². The summed E-state index contributed by atoms with van der Waals surface area (Å²) in [6, 6.07) is 3.92. The average Bonchev–Trinajstić information content (AvgIpc) is 3.00. The lowest BCUT2D eigenvalue weighted by atomic mass is 10.3. The van der Waals surface area contributed by atoms with Crippen LogP contribution in [0.15, 0.2) is 21.9 Å². The summed E-state index contributed by atoms with van der Waals surface area (Å²) in [5, 5.41) is 19.5. The Kier molecular flexibility index (Phi) is 2.92. The van der Waals surface area contributed by atoms with Crippen molar-refractivity contribution in [2.75, 3.05) is 13.1 Å². The molecule has 0 aromatic carbocycles. The standard InChI is InChI=1S/C11H13N3O2S/c15-8-3-4-14(6-8)7-10-12-13-11(16-10)9-2-1-5-17-9/h1-2,5,8,15H,3-4,6-7H2/t8-/m1/s1. The van der Waals surface area contributed by atoms with Gasteiger partial charge in [-0.1, -0.05) is 6.07 Å². The molecule has 0 saturated carbocycles. The van der Waals surface area contributed by atoms with E-state index in [1.54, 1.807) is 11.3 Å². The molecule has 2 aromatic heterocycles. The SMILES string of the molecule is O[C@@H]1CCN(Cc2nnc(-c3cccs3)o2)C1. The van der Waals surface area contributed by atoms with Gasteiger partial charge in [-0.2, -0.15) is 0 Å². The molecule has 1 saturated heterocycles. The predicted molar refractivity (Wildman–Crippen MR) is 63.5 cm³/mol. The highest BCUT2D eigenvalue weighted by Crippen LogP contribution is 2.23. The number of likely N-dealkylation sites (tertiary alicyclic amines) is 1. The molecule has 0 amide bonds. The van der Waals surface area contributed by atoms with Gasteiger partial charge in [-0.25, -0.2) is 0 Å². The zero-order valence-corrected chi connectivity index (χ0v) is 10.1. The number of aliphatic hydroxyl groups excluding tert-OH is 1. The summed E-state index contributed by atoms with van der Waals surface area (Å²) in [5.41, 5.74) is 0. The first-order valence-electron chi connectivity index (χ1n) is 5.58. The molecule has 1 aliphatic heterocycles. The Morgan fingerprint density at radius 1 is 1.53 bits per heavy atom. The van der Waals surface area contributed by atoms with Crippen LogP contribution in [0.3, 0.4) is 0 Å². The molecule has 1 N–H and O–H groups in total. The summed E-state index contributed by atoms with van der Waals surface area (Å²) in [6.45, 7) is 2.20. The molecule has 0 radical (unpaired) electrons. The van der Waals surface area contributed by atoms with Crippen LogP contribution in [0.5, 0.6) is 0 Å². The quantitative estimate of drug-likeness (QED) is 0.892. The first-order valence-corrected chi connectivity index (χ1v) is 6.46. The van der Waals surface area contributed by atoms with E-state index in [4.69, 9.17) is 4.42 Å². The molecule has 17 heavy (non-hydrogen) atoms. The van der Waals surface area contributed by atoms with Crippen molar-refractivity contribution in [1.29, 1.82) is 0 Å². The van der Waals surface area contributed by atoms with E-state index in [0.29, 0.717) is 24.9 Å². The van der Waals surface area contributed by atoms with E-state index in [0.717, 1.165) is 17.8 Å². The summed E-state index contributed by atoms with van der Waals surface area (Å²) in [7, 11) is 0. The molecule has 6 heteroatoms. The molecule has 90 valence electrons. The second kappa shape index (κ2) is 4.56. The van der Waals surface area contributed by atoms with Crippen molar-refractivity contribution in [3.63, 3.8) is 0 Å². The zero-order valence-electron chi connectivity index (χ0n) is 9.24. The van der Waals surface area contributed by atoms with Crippen molar-refractivity contribution in [2.24, 2.45) is 0 Å². The minimum atomic E-state index is -0.213. The largest absolute Gasteiger partial charge is 0.419 e. The number of aromatic nitrogens is 2. The summed E-state index contributed by atoms with van der Waals surface area (Å²) in [5.74, 6) is 1.19. The van der Waals surface area contributed by atoms with Crippen LogP contribution in [-0.2, 0) is 6.54 Å². The molecule has 1 aliphatic rings. The normalized spacial score (nSPS) is 21.1. The Labute approximate surface area is 103 Å². The third-order valence-electron chi connectivity index (χ3n) is 2.81. The van der Waals surface area contributed by atoms with Gasteiger partial charge in [0.2, 0.25) is 5.89 Å². The third-order valence-corrected chi connectivity index (χ3v) is 3.66. The van der Waals surface area contributed by atoms with Crippen molar-refractivity contribution in [3.8, 4) is 10.8 Å². The topological polar surface area (TPSA) is 62.4 Å². The Bertz CT molecular complexity index is 483. The van der Waals surface area contributed by atoms with Crippen LogP contribution in [0.1, 0.15) is 12.3 Å². The minimum Gasteiger partial charge on any atom is -0.419 e. The van der Waals surface area contributed by atoms with Crippen LogP contribution < -0.4 is 0 Å². The van der Waals surface area contributed by atoms with Gasteiger partial charge >= 0.3 is 0 Å². The highest BCUT2D eigenvalue weighted by atomic mass is 32.1. The van der Waals surface area contributed by atoms with Crippen molar-refractivity contribution >= 4 is 11.3 Å². The van der Waals surface area contributed by atoms with E-state index in [2.05, 4.69) is 15.1 Å². The summed E-state index contributed by atoms with van der Waals surface area (Å²) < 4.78 is 5.59. The Hall–Kier alpha value is -1.24. The lowest BCUT2D eigenvalue weighted by Crippen LogP contribution is -2.21. The number of thiophene rings is 1. The molecule has 0 spiro atoms. The van der Waals surface area contributed by atoms with Crippen LogP contribution in [0.25, 0.3) is 10.8 Å². The smallest absolute Gasteiger partial charge is 0.257 e. The van der Waals surface area contributed by atoms with E-state index < -0.39 is 0 Å². The van der Waals surface area contributed by atoms with Crippen LogP contribution in [0, 0.1) is 0 Å². The minimum absolute atomic E-state index is 0.213. The van der Waals surface area contributed by atoms with Gasteiger partial charge in [0.15, 0.2) is 0 Å². The van der Waals surface area contributed by atoms with Crippen LogP contribution in [0.4, 0.5) is 0 Å². The van der Waals surface area contributed by atoms with Gasteiger partial charge in [-0.3, -0.25) is 4.90 Å². The number of β-amino-alcohol motifs (C(OH)–C–C–N with tert-alkyl or cyclic N) is 1. The molecule has 0 unspecified atom stereocenters. The van der Waals surface area contributed by atoms with E-state index in [1.807, 2.05) is 17.5 Å². The van der Waals surface area contributed by atoms with E-state index in [1.165, 1.54) is 0 Å². The molecule has 3 rings (SSSR count). The summed E-state index contributed by atoms with van der Waals surface area (Å²) in [4.78, 5) is 3.11. The first kappa shape index (κ1) is 10.9. The third kappa shape index (κ3) is 2.38. The molecule has 2 aromatic rings. The fraction of sp³-hybridized carbons (Fsp3) is 0.455. The maximum atomic E-state index is 9.43. The number of hydrogen-bond donors (Lipinski definition) is 1. The van der Waals surface area contributed by atoms with E-state index in [9.17, 15) is 5.11 Å². The van der Waals surface area contributed by atoms with Crippen molar-refractivity contribution in [1.82, 2.24) is 15.1 Å². The van der Waals surface area contributed by atoms with Gasteiger partial charge in [0.25, 0.3) is 5.89 Å². The average molecular weight is 251 g/mol. The van der Waals surface area contributed by atoms with Crippen molar-refractivity contribution in [2.45, 2.75) is 19.1 Å². The highest BCUT2D eigenvalue weighted by Gasteiger charge is 2.22. The Morgan fingerprint density at radius 3 is 3.18 bits per heavy atom. The molecule has 1 fully saturated rings. The van der Waals surface area contributed by atoms with Gasteiger partial charge < -0.3 is 9.52 Å². The second-order valence-electron chi connectivity index (χ2n) is 4.16. The van der Waals surface area contributed by atoms with Crippen molar-refractivity contribution in [3.05, 3.63) is 23.4 Å². The Morgan fingerprint density at radius 2 is 2.47 bits per heavy atom. The molecule has 5 nitrogen and oxygen atoms in total. The van der Waals surface area contributed by atoms with Gasteiger partial charge in [0, 0.05) is 13.1 Å².